The van der Waals surface area contributed by atoms with Crippen LogP contribution in [-0.2, 0) is 24.8 Å². The lowest BCUT2D eigenvalue weighted by molar-refractivity contribution is -0.250. The third kappa shape index (κ3) is 3.49. The molecular formula is C15H22O5. The monoisotopic (exact) mass is 282 g/mol. The lowest BCUT2D eigenvalue weighted by Crippen LogP contribution is -2.42. The molecule has 5 heteroatoms. The molecule has 0 bridgehead atoms. The summed E-state index contributed by atoms with van der Waals surface area (Å²) in [5.41, 5.74) is 0.580. The first-order valence-corrected chi connectivity index (χ1v) is 6.74. The highest BCUT2D eigenvalue weighted by molar-refractivity contribution is 5.79. The molecule has 0 unspecified atom stereocenters. The van der Waals surface area contributed by atoms with Crippen molar-refractivity contribution in [2.75, 3.05) is 26.9 Å². The van der Waals surface area contributed by atoms with E-state index >= 15 is 0 Å². The first-order chi connectivity index (χ1) is 9.64. The van der Waals surface area contributed by atoms with Crippen molar-refractivity contribution in [3.05, 3.63) is 29.8 Å². The van der Waals surface area contributed by atoms with E-state index in [0.717, 1.165) is 5.75 Å². The number of methoxy groups -OCH3 is 1. The molecule has 0 spiro atoms. The zero-order chi connectivity index (χ0) is 15.0. The van der Waals surface area contributed by atoms with Gasteiger partial charge in [0.2, 0.25) is 0 Å². The third-order valence-electron chi connectivity index (χ3n) is 2.69. The molecule has 0 atom stereocenters. The van der Waals surface area contributed by atoms with E-state index in [1.54, 1.807) is 38.1 Å². The molecule has 0 aromatic heterocycles. The summed E-state index contributed by atoms with van der Waals surface area (Å²) in [5, 5.41) is 0. The number of benzene rings is 1. The van der Waals surface area contributed by atoms with E-state index < -0.39 is 11.8 Å². The molecule has 20 heavy (non-hydrogen) atoms. The molecular weight excluding hydrogens is 260 g/mol. The van der Waals surface area contributed by atoms with Crippen LogP contribution in [0.15, 0.2) is 24.3 Å². The smallest absolute Gasteiger partial charge is 0.371 e. The second-order valence-corrected chi connectivity index (χ2v) is 3.93. The molecule has 0 N–H and O–H groups in total. The fourth-order valence-electron chi connectivity index (χ4n) is 1.92. The van der Waals surface area contributed by atoms with E-state index in [-0.39, 0.29) is 0 Å². The molecule has 0 radical (unpaired) electrons. The summed E-state index contributed by atoms with van der Waals surface area (Å²) in [7, 11) is 1.31. The highest BCUT2D eigenvalue weighted by atomic mass is 16.7. The predicted molar refractivity (Wildman–Crippen MR) is 74.6 cm³/mol. The maximum Gasteiger partial charge on any atom is 0.371 e. The van der Waals surface area contributed by atoms with E-state index in [1.165, 1.54) is 7.11 Å². The minimum atomic E-state index is -1.52. The molecule has 0 fully saturated rings. The molecule has 5 nitrogen and oxygen atoms in total. The van der Waals surface area contributed by atoms with Gasteiger partial charge in [-0.1, -0.05) is 0 Å². The molecule has 0 heterocycles. The molecule has 0 amide bonds. The predicted octanol–water partition coefficient (Wildman–Crippen LogP) is 2.48. The van der Waals surface area contributed by atoms with E-state index in [2.05, 4.69) is 0 Å². The van der Waals surface area contributed by atoms with Crippen molar-refractivity contribution in [2.45, 2.75) is 26.6 Å². The number of ether oxygens (including phenoxy) is 4. The Balaban J connectivity index is 3.16. The quantitative estimate of drug-likeness (QED) is 0.541. The number of esters is 1. The summed E-state index contributed by atoms with van der Waals surface area (Å²) in [6.45, 7) is 6.73. The van der Waals surface area contributed by atoms with E-state index in [9.17, 15) is 4.79 Å². The Morgan fingerprint density at radius 2 is 1.55 bits per heavy atom. The van der Waals surface area contributed by atoms with Crippen LogP contribution in [0.25, 0.3) is 0 Å². The molecule has 0 saturated heterocycles. The molecule has 1 aromatic carbocycles. The van der Waals surface area contributed by atoms with Gasteiger partial charge >= 0.3 is 5.97 Å². The van der Waals surface area contributed by atoms with Gasteiger partial charge in [-0.3, -0.25) is 0 Å². The van der Waals surface area contributed by atoms with Crippen LogP contribution in [0.1, 0.15) is 26.3 Å². The van der Waals surface area contributed by atoms with Gasteiger partial charge < -0.3 is 18.9 Å². The molecule has 112 valence electrons. The number of hydrogen-bond acceptors (Lipinski definition) is 5. The Bertz CT molecular complexity index is 407. The minimum absolute atomic E-state index is 0.322. The summed E-state index contributed by atoms with van der Waals surface area (Å²) < 4.78 is 21.4. The number of carbonyl (C=O) groups is 1. The van der Waals surface area contributed by atoms with Gasteiger partial charge in [-0.05, 0) is 45.0 Å². The minimum Gasteiger partial charge on any atom is -0.494 e. The molecule has 0 saturated carbocycles. The summed E-state index contributed by atoms with van der Waals surface area (Å²) in [6, 6.07) is 7.03. The molecule has 1 rings (SSSR count). The SMILES string of the molecule is CCOc1ccc(C(OCC)(OCC)C(=O)OC)cc1. The third-order valence-corrected chi connectivity index (χ3v) is 2.69. The van der Waals surface area contributed by atoms with Gasteiger partial charge in [-0.25, -0.2) is 4.79 Å². The molecule has 0 aliphatic heterocycles. The lowest BCUT2D eigenvalue weighted by Gasteiger charge is -2.30. The van der Waals surface area contributed by atoms with Crippen LogP contribution in [-0.4, -0.2) is 32.9 Å². The Morgan fingerprint density at radius 1 is 1.00 bits per heavy atom. The Labute approximate surface area is 119 Å². The second-order valence-electron chi connectivity index (χ2n) is 3.93. The number of hydrogen-bond donors (Lipinski definition) is 0. The Morgan fingerprint density at radius 3 is 1.95 bits per heavy atom. The Kier molecular flexibility index (Phi) is 6.48. The van der Waals surface area contributed by atoms with Gasteiger partial charge in [0.15, 0.2) is 0 Å². The van der Waals surface area contributed by atoms with Gasteiger partial charge in [-0.2, -0.15) is 0 Å². The highest BCUT2D eigenvalue weighted by Gasteiger charge is 2.44. The van der Waals surface area contributed by atoms with Crippen LogP contribution in [0.3, 0.4) is 0 Å². The molecule has 1 aromatic rings. The summed E-state index contributed by atoms with van der Waals surface area (Å²) in [4.78, 5) is 12.1. The van der Waals surface area contributed by atoms with Crippen LogP contribution in [0.2, 0.25) is 0 Å². The Hall–Kier alpha value is -1.59. The van der Waals surface area contributed by atoms with E-state index in [1.807, 2.05) is 6.92 Å². The zero-order valence-electron chi connectivity index (χ0n) is 12.5. The summed E-state index contributed by atoms with van der Waals surface area (Å²) in [6.07, 6.45) is 0. The zero-order valence-corrected chi connectivity index (χ0v) is 12.5. The van der Waals surface area contributed by atoms with E-state index in [0.29, 0.717) is 25.4 Å². The van der Waals surface area contributed by atoms with Crippen LogP contribution < -0.4 is 4.74 Å². The van der Waals surface area contributed by atoms with Crippen molar-refractivity contribution in [1.29, 1.82) is 0 Å². The number of carbonyl (C=O) groups excluding carboxylic acids is 1. The fourth-order valence-corrected chi connectivity index (χ4v) is 1.92. The van der Waals surface area contributed by atoms with Crippen molar-refractivity contribution >= 4 is 5.97 Å². The standard InChI is InChI=1S/C15H22O5/c1-5-18-13-10-8-12(9-11-13)15(19-6-2,20-7-3)14(16)17-4/h8-11H,5-7H2,1-4H3. The first-order valence-electron chi connectivity index (χ1n) is 6.74. The van der Waals surface area contributed by atoms with E-state index in [4.69, 9.17) is 18.9 Å². The van der Waals surface area contributed by atoms with Gasteiger partial charge in [0.05, 0.1) is 13.7 Å². The van der Waals surface area contributed by atoms with Crippen LogP contribution in [0, 0.1) is 0 Å². The van der Waals surface area contributed by atoms with Gasteiger partial charge in [-0.15, -0.1) is 0 Å². The fraction of sp³-hybridized carbons (Fsp3) is 0.533. The van der Waals surface area contributed by atoms with Crippen molar-refractivity contribution in [1.82, 2.24) is 0 Å². The van der Waals surface area contributed by atoms with Gasteiger partial charge in [0.1, 0.15) is 5.75 Å². The molecule has 0 aliphatic rings. The van der Waals surface area contributed by atoms with Crippen LogP contribution in [0.5, 0.6) is 5.75 Å². The highest BCUT2D eigenvalue weighted by Crippen LogP contribution is 2.30. The second kappa shape index (κ2) is 7.87. The average Bonchev–Trinajstić information content (AvgIpc) is 2.47. The lowest BCUT2D eigenvalue weighted by atomic mass is 10.1. The summed E-state index contributed by atoms with van der Waals surface area (Å²) in [5.74, 6) is -1.38. The van der Waals surface area contributed by atoms with Crippen molar-refractivity contribution in [3.63, 3.8) is 0 Å². The van der Waals surface area contributed by atoms with Crippen LogP contribution >= 0.6 is 0 Å². The maximum atomic E-state index is 12.1. The number of rotatable bonds is 8. The van der Waals surface area contributed by atoms with Gasteiger partial charge in [0.25, 0.3) is 5.79 Å². The maximum absolute atomic E-state index is 12.1. The van der Waals surface area contributed by atoms with Crippen molar-refractivity contribution in [3.8, 4) is 5.75 Å². The largest absolute Gasteiger partial charge is 0.494 e. The van der Waals surface area contributed by atoms with Crippen LogP contribution in [0.4, 0.5) is 0 Å². The van der Waals surface area contributed by atoms with Crippen molar-refractivity contribution < 1.29 is 23.7 Å². The van der Waals surface area contributed by atoms with Gasteiger partial charge in [0, 0.05) is 18.8 Å². The molecule has 0 aliphatic carbocycles. The normalized spacial score (nSPS) is 11.2. The average molecular weight is 282 g/mol. The first kappa shape index (κ1) is 16.5. The van der Waals surface area contributed by atoms with Crippen molar-refractivity contribution in [2.24, 2.45) is 0 Å². The summed E-state index contributed by atoms with van der Waals surface area (Å²) >= 11 is 0. The topological polar surface area (TPSA) is 54.0 Å².